The number of phosphoric acid groups is 1. The van der Waals surface area contributed by atoms with Crippen LogP contribution in [0.4, 0.5) is 0 Å². The lowest BCUT2D eigenvalue weighted by Crippen LogP contribution is -2.14. The first-order valence-corrected chi connectivity index (χ1v) is 7.29. The molecule has 0 bridgehead atoms. The van der Waals surface area contributed by atoms with Crippen molar-refractivity contribution in [2.75, 3.05) is 25.7 Å². The van der Waals surface area contributed by atoms with Crippen LogP contribution < -0.4 is 0 Å². The molecule has 14 heavy (non-hydrogen) atoms. The van der Waals surface area contributed by atoms with Gasteiger partial charge in [-0.05, 0) is 6.42 Å². The Balaban J connectivity index is 2.59. The fourth-order valence-electron chi connectivity index (χ4n) is 1.19. The minimum absolute atomic E-state index is 0.0606. The fourth-order valence-corrected chi connectivity index (χ4v) is 3.74. The van der Waals surface area contributed by atoms with E-state index in [0.717, 1.165) is 0 Å². The normalized spacial score (nSPS) is 26.6. The molecule has 0 aromatic rings. The van der Waals surface area contributed by atoms with Crippen LogP contribution in [0.15, 0.2) is 0 Å². The topological polar surface area (TPSA) is 78.9 Å². The van der Waals surface area contributed by atoms with Gasteiger partial charge in [0.15, 0.2) is 9.84 Å². The fraction of sp³-hybridized carbons (Fsp3) is 1.00. The number of phosphoric ester groups is 1. The van der Waals surface area contributed by atoms with Crippen molar-refractivity contribution in [1.82, 2.24) is 0 Å². The zero-order valence-corrected chi connectivity index (χ0v) is 9.71. The second-order valence-corrected chi connectivity index (χ2v) is 7.01. The van der Waals surface area contributed by atoms with E-state index in [1.54, 1.807) is 0 Å². The van der Waals surface area contributed by atoms with Gasteiger partial charge in [0.1, 0.15) is 0 Å². The summed E-state index contributed by atoms with van der Waals surface area (Å²) in [6.07, 6.45) is -0.260. The van der Waals surface area contributed by atoms with E-state index in [0.29, 0.717) is 6.42 Å². The van der Waals surface area contributed by atoms with Crippen LogP contribution in [-0.4, -0.2) is 40.2 Å². The maximum atomic E-state index is 11.5. The van der Waals surface area contributed by atoms with Crippen LogP contribution in [0.5, 0.6) is 0 Å². The van der Waals surface area contributed by atoms with Gasteiger partial charge in [-0.15, -0.1) is 0 Å². The molecule has 0 amide bonds. The third-order valence-electron chi connectivity index (χ3n) is 1.92. The number of rotatable bonds is 4. The number of sulfone groups is 1. The minimum atomic E-state index is -3.55. The number of hydrogen-bond donors (Lipinski definition) is 0. The first kappa shape index (κ1) is 12.1. The molecule has 6 nitrogen and oxygen atoms in total. The Morgan fingerprint density at radius 2 is 1.86 bits per heavy atom. The first-order chi connectivity index (χ1) is 6.41. The molecule has 0 saturated carbocycles. The van der Waals surface area contributed by atoms with E-state index in [1.807, 2.05) is 0 Å². The third kappa shape index (κ3) is 3.03. The summed E-state index contributed by atoms with van der Waals surface area (Å²) in [7, 11) is -4.22. The van der Waals surface area contributed by atoms with E-state index < -0.39 is 23.8 Å². The van der Waals surface area contributed by atoms with Crippen molar-refractivity contribution < 1.29 is 26.6 Å². The molecule has 1 rings (SSSR count). The van der Waals surface area contributed by atoms with Crippen molar-refractivity contribution in [1.29, 1.82) is 0 Å². The van der Waals surface area contributed by atoms with Crippen molar-refractivity contribution in [3.05, 3.63) is 0 Å². The van der Waals surface area contributed by atoms with Gasteiger partial charge in [0.2, 0.25) is 0 Å². The standard InChI is InChI=1S/C6H13O6PS/c1-10-13(7,11-2)12-6-3-4-14(8,9)5-6/h6H,3-5H2,1-2H3. The molecular weight excluding hydrogens is 231 g/mol. The maximum Gasteiger partial charge on any atom is 0.474 e. The van der Waals surface area contributed by atoms with Crippen LogP contribution in [0.3, 0.4) is 0 Å². The molecule has 0 N–H and O–H groups in total. The molecular formula is C6H13O6PS. The zero-order chi connectivity index (χ0) is 10.8. The molecule has 1 aliphatic heterocycles. The Hall–Kier alpha value is 0.0600. The van der Waals surface area contributed by atoms with Gasteiger partial charge in [0.05, 0.1) is 17.6 Å². The van der Waals surface area contributed by atoms with Crippen LogP contribution in [0.1, 0.15) is 6.42 Å². The van der Waals surface area contributed by atoms with Gasteiger partial charge in [-0.2, -0.15) is 0 Å². The lowest BCUT2D eigenvalue weighted by molar-refractivity contribution is 0.117. The predicted molar refractivity (Wildman–Crippen MR) is 49.8 cm³/mol. The van der Waals surface area contributed by atoms with Gasteiger partial charge in [-0.25, -0.2) is 13.0 Å². The van der Waals surface area contributed by atoms with Gasteiger partial charge in [-0.3, -0.25) is 13.6 Å². The van der Waals surface area contributed by atoms with E-state index >= 15 is 0 Å². The van der Waals surface area contributed by atoms with Crippen molar-refractivity contribution >= 4 is 17.7 Å². The highest BCUT2D eigenvalue weighted by atomic mass is 32.2. The van der Waals surface area contributed by atoms with Crippen molar-refractivity contribution in [3.63, 3.8) is 0 Å². The summed E-state index contributed by atoms with van der Waals surface area (Å²) in [4.78, 5) is 0. The molecule has 0 radical (unpaired) electrons. The maximum absolute atomic E-state index is 11.5. The molecule has 84 valence electrons. The van der Waals surface area contributed by atoms with E-state index in [4.69, 9.17) is 4.52 Å². The van der Waals surface area contributed by atoms with Gasteiger partial charge in [0.25, 0.3) is 0 Å². The molecule has 8 heteroatoms. The molecule has 1 aliphatic rings. The quantitative estimate of drug-likeness (QED) is 0.673. The molecule has 0 aromatic heterocycles. The summed E-state index contributed by atoms with van der Waals surface area (Å²) < 4.78 is 47.6. The van der Waals surface area contributed by atoms with Gasteiger partial charge >= 0.3 is 7.82 Å². The highest BCUT2D eigenvalue weighted by molar-refractivity contribution is 7.91. The van der Waals surface area contributed by atoms with Crippen molar-refractivity contribution in [2.24, 2.45) is 0 Å². The molecule has 1 saturated heterocycles. The van der Waals surface area contributed by atoms with E-state index in [2.05, 4.69) is 9.05 Å². The Kier molecular flexibility index (Phi) is 3.71. The summed E-state index contributed by atoms with van der Waals surface area (Å²) in [6.45, 7) is 0. The highest BCUT2D eigenvalue weighted by Gasteiger charge is 2.35. The van der Waals surface area contributed by atoms with Gasteiger partial charge in [-0.1, -0.05) is 0 Å². The Bertz CT molecular complexity index is 328. The predicted octanol–water partition coefficient (Wildman–Crippen LogP) is 0.591. The molecule has 0 aliphatic carbocycles. The lowest BCUT2D eigenvalue weighted by Gasteiger charge is -2.16. The zero-order valence-electron chi connectivity index (χ0n) is 8.00. The van der Waals surface area contributed by atoms with E-state index in [9.17, 15) is 13.0 Å². The Labute approximate surface area is 83.1 Å². The van der Waals surface area contributed by atoms with Crippen LogP contribution in [0.2, 0.25) is 0 Å². The van der Waals surface area contributed by atoms with Crippen molar-refractivity contribution in [2.45, 2.75) is 12.5 Å². The molecule has 1 fully saturated rings. The van der Waals surface area contributed by atoms with Crippen LogP contribution in [-0.2, 0) is 28.0 Å². The first-order valence-electron chi connectivity index (χ1n) is 4.01. The Morgan fingerprint density at radius 1 is 1.29 bits per heavy atom. The summed E-state index contributed by atoms with van der Waals surface area (Å²) in [5, 5.41) is 0. The molecule has 1 heterocycles. The van der Waals surface area contributed by atoms with Crippen LogP contribution >= 0.6 is 7.82 Å². The van der Waals surface area contributed by atoms with Crippen LogP contribution in [0, 0.1) is 0 Å². The van der Waals surface area contributed by atoms with Crippen LogP contribution in [0.25, 0.3) is 0 Å². The summed E-state index contributed by atoms with van der Waals surface area (Å²) in [6, 6.07) is 0. The summed E-state index contributed by atoms with van der Waals surface area (Å²) >= 11 is 0. The average Bonchev–Trinajstić information content (AvgIpc) is 2.45. The second-order valence-electron chi connectivity index (χ2n) is 2.94. The summed E-state index contributed by atoms with van der Waals surface area (Å²) in [5.41, 5.74) is 0. The van der Waals surface area contributed by atoms with E-state index in [1.165, 1.54) is 14.2 Å². The average molecular weight is 244 g/mol. The summed E-state index contributed by atoms with van der Waals surface area (Å²) in [5.74, 6) is -0.0607. The monoisotopic (exact) mass is 244 g/mol. The molecule has 1 atom stereocenters. The van der Waals surface area contributed by atoms with Gasteiger partial charge in [0, 0.05) is 14.2 Å². The lowest BCUT2D eigenvalue weighted by atomic mass is 10.3. The molecule has 1 unspecified atom stereocenters. The smallest absolute Gasteiger partial charge is 0.290 e. The third-order valence-corrected chi connectivity index (χ3v) is 5.10. The van der Waals surface area contributed by atoms with Gasteiger partial charge < -0.3 is 0 Å². The Morgan fingerprint density at radius 3 is 2.21 bits per heavy atom. The SMILES string of the molecule is COP(=O)(OC)OC1CCS(=O)(=O)C1. The van der Waals surface area contributed by atoms with E-state index in [-0.39, 0.29) is 11.5 Å². The minimum Gasteiger partial charge on any atom is -0.290 e. The highest BCUT2D eigenvalue weighted by Crippen LogP contribution is 2.49. The largest absolute Gasteiger partial charge is 0.474 e. The van der Waals surface area contributed by atoms with Crippen molar-refractivity contribution in [3.8, 4) is 0 Å². The molecule has 0 spiro atoms. The second kappa shape index (κ2) is 4.28. The molecule has 0 aromatic carbocycles. The number of hydrogen-bond acceptors (Lipinski definition) is 6.